The number of nitrogens with zero attached hydrogens (tertiary/aromatic N) is 1. The number of ether oxygens (including phenoxy) is 1. The molecule has 0 unspecified atom stereocenters. The van der Waals surface area contributed by atoms with Crippen LogP contribution in [0.1, 0.15) is 21.5 Å². The summed E-state index contributed by atoms with van der Waals surface area (Å²) in [5.41, 5.74) is 4.16. The quantitative estimate of drug-likeness (QED) is 0.169. The predicted octanol–water partition coefficient (Wildman–Crippen LogP) is 4.72. The second-order valence-corrected chi connectivity index (χ2v) is 7.88. The molecule has 2 amide bonds. The molecule has 0 radical (unpaired) electrons. The van der Waals surface area contributed by atoms with Gasteiger partial charge in [-0.15, -0.1) is 0 Å². The molecule has 0 aromatic heterocycles. The summed E-state index contributed by atoms with van der Waals surface area (Å²) < 4.78 is 6.14. The molecule has 0 aliphatic carbocycles. The Hall–Kier alpha value is -3.49. The van der Waals surface area contributed by atoms with Crippen molar-refractivity contribution in [2.24, 2.45) is 5.10 Å². The van der Waals surface area contributed by atoms with Gasteiger partial charge in [-0.25, -0.2) is 10.2 Å². The van der Waals surface area contributed by atoms with E-state index in [9.17, 15) is 14.4 Å². The fraction of sp³-hybridized carbons (Fsp3) is 0.0435. The summed E-state index contributed by atoms with van der Waals surface area (Å²) >= 11 is 9.35. The predicted molar refractivity (Wildman–Crippen MR) is 126 cm³/mol. The molecule has 0 fully saturated rings. The van der Waals surface area contributed by atoms with Crippen LogP contribution in [0.4, 0.5) is 5.69 Å². The normalized spacial score (nSPS) is 10.6. The number of hydrazone groups is 1. The summed E-state index contributed by atoms with van der Waals surface area (Å²) in [5, 5.41) is 6.70. The zero-order valence-electron chi connectivity index (χ0n) is 16.8. The standard InChI is InChI=1S/C23H17BrClN3O4/c1-14-7-9-18(12-19(14)25)27-21(29)22(30)28-26-13-16-11-17(24)8-10-20(16)32-23(31)15-5-3-2-4-6-15/h2-13H,1H3,(H,27,29)(H,28,30)/b26-13-. The molecule has 0 spiro atoms. The Labute approximate surface area is 197 Å². The van der Waals surface area contributed by atoms with Crippen molar-refractivity contribution in [1.82, 2.24) is 5.43 Å². The van der Waals surface area contributed by atoms with E-state index in [2.05, 4.69) is 31.8 Å². The third-order valence-corrected chi connectivity index (χ3v) is 5.09. The summed E-state index contributed by atoms with van der Waals surface area (Å²) in [4.78, 5) is 36.4. The van der Waals surface area contributed by atoms with Crippen molar-refractivity contribution in [3.8, 4) is 5.75 Å². The summed E-state index contributed by atoms with van der Waals surface area (Å²) in [5.74, 6) is -2.19. The number of aryl methyl sites for hydroxylation is 1. The van der Waals surface area contributed by atoms with Crippen LogP contribution in [0.5, 0.6) is 5.75 Å². The smallest absolute Gasteiger partial charge is 0.343 e. The van der Waals surface area contributed by atoms with E-state index in [0.29, 0.717) is 26.3 Å². The molecule has 0 aliphatic heterocycles. The number of benzene rings is 3. The molecule has 3 aromatic carbocycles. The van der Waals surface area contributed by atoms with Crippen LogP contribution < -0.4 is 15.5 Å². The van der Waals surface area contributed by atoms with Crippen molar-refractivity contribution in [2.75, 3.05) is 5.32 Å². The van der Waals surface area contributed by atoms with E-state index in [1.165, 1.54) is 6.21 Å². The molecule has 0 saturated heterocycles. The zero-order chi connectivity index (χ0) is 23.1. The average molecular weight is 515 g/mol. The Bertz CT molecular complexity index is 1200. The van der Waals surface area contributed by atoms with Gasteiger partial charge in [0.15, 0.2) is 0 Å². The Morgan fingerprint density at radius 1 is 1.00 bits per heavy atom. The fourth-order valence-electron chi connectivity index (χ4n) is 2.52. The topological polar surface area (TPSA) is 96.9 Å². The number of carbonyl (C=O) groups excluding carboxylic acids is 3. The molecule has 2 N–H and O–H groups in total. The van der Waals surface area contributed by atoms with Crippen LogP contribution in [-0.4, -0.2) is 24.0 Å². The first-order valence-corrected chi connectivity index (χ1v) is 10.5. The van der Waals surface area contributed by atoms with Crippen molar-refractivity contribution in [3.63, 3.8) is 0 Å². The molecular weight excluding hydrogens is 498 g/mol. The van der Waals surface area contributed by atoms with Gasteiger partial charge in [0.05, 0.1) is 11.8 Å². The van der Waals surface area contributed by atoms with Crippen molar-refractivity contribution >= 4 is 57.2 Å². The molecule has 3 aromatic rings. The molecule has 0 atom stereocenters. The SMILES string of the molecule is Cc1ccc(NC(=O)C(=O)N/N=C\c2cc(Br)ccc2OC(=O)c2ccccc2)cc1Cl. The van der Waals surface area contributed by atoms with Crippen LogP contribution >= 0.6 is 27.5 Å². The van der Waals surface area contributed by atoms with E-state index in [0.717, 1.165) is 5.56 Å². The van der Waals surface area contributed by atoms with Crippen LogP contribution in [0, 0.1) is 6.92 Å². The Balaban J connectivity index is 1.65. The van der Waals surface area contributed by atoms with Gasteiger partial charge in [-0.05, 0) is 55.0 Å². The number of carbonyl (C=O) groups is 3. The maximum Gasteiger partial charge on any atom is 0.343 e. The molecule has 0 saturated carbocycles. The summed E-state index contributed by atoms with van der Waals surface area (Å²) in [6.45, 7) is 1.82. The van der Waals surface area contributed by atoms with Crippen LogP contribution in [0.2, 0.25) is 5.02 Å². The summed E-state index contributed by atoms with van der Waals surface area (Å²) in [6, 6.07) is 18.3. The van der Waals surface area contributed by atoms with Crippen LogP contribution in [0.3, 0.4) is 0 Å². The molecule has 0 bridgehead atoms. The summed E-state index contributed by atoms with van der Waals surface area (Å²) in [6.07, 6.45) is 1.27. The van der Waals surface area contributed by atoms with Gasteiger partial charge in [0.2, 0.25) is 0 Å². The van der Waals surface area contributed by atoms with Crippen LogP contribution in [0.25, 0.3) is 0 Å². The first kappa shape index (κ1) is 23.2. The molecule has 162 valence electrons. The number of esters is 1. The third-order valence-electron chi connectivity index (χ3n) is 4.19. The number of hydrogen-bond acceptors (Lipinski definition) is 5. The first-order valence-electron chi connectivity index (χ1n) is 9.31. The lowest BCUT2D eigenvalue weighted by atomic mass is 10.2. The van der Waals surface area contributed by atoms with Gasteiger partial charge in [-0.3, -0.25) is 9.59 Å². The fourth-order valence-corrected chi connectivity index (χ4v) is 3.08. The maximum atomic E-state index is 12.3. The van der Waals surface area contributed by atoms with E-state index >= 15 is 0 Å². The molecule has 0 heterocycles. The number of amides is 2. The molecule has 3 rings (SSSR count). The lowest BCUT2D eigenvalue weighted by molar-refractivity contribution is -0.136. The Kier molecular flexibility index (Phi) is 7.75. The number of halogens is 2. The maximum absolute atomic E-state index is 12.3. The van der Waals surface area contributed by atoms with Gasteiger partial charge >= 0.3 is 17.8 Å². The molecule has 7 nitrogen and oxygen atoms in total. The number of rotatable bonds is 5. The van der Waals surface area contributed by atoms with Crippen molar-refractivity contribution in [1.29, 1.82) is 0 Å². The van der Waals surface area contributed by atoms with E-state index in [1.54, 1.807) is 66.7 Å². The van der Waals surface area contributed by atoms with Crippen LogP contribution in [-0.2, 0) is 9.59 Å². The molecule has 32 heavy (non-hydrogen) atoms. The third kappa shape index (κ3) is 6.26. The van der Waals surface area contributed by atoms with Crippen molar-refractivity contribution < 1.29 is 19.1 Å². The largest absolute Gasteiger partial charge is 0.422 e. The van der Waals surface area contributed by atoms with Gasteiger partial charge in [0.25, 0.3) is 0 Å². The highest BCUT2D eigenvalue weighted by Crippen LogP contribution is 2.23. The van der Waals surface area contributed by atoms with Gasteiger partial charge < -0.3 is 10.1 Å². The lowest BCUT2D eigenvalue weighted by Crippen LogP contribution is -2.32. The number of nitrogens with one attached hydrogen (secondary N) is 2. The van der Waals surface area contributed by atoms with E-state index in [4.69, 9.17) is 16.3 Å². The van der Waals surface area contributed by atoms with E-state index in [-0.39, 0.29) is 5.75 Å². The van der Waals surface area contributed by atoms with E-state index in [1.807, 2.05) is 6.92 Å². The Morgan fingerprint density at radius 3 is 2.47 bits per heavy atom. The molecule has 9 heteroatoms. The minimum Gasteiger partial charge on any atom is -0.422 e. The lowest BCUT2D eigenvalue weighted by Gasteiger charge is -2.08. The minimum absolute atomic E-state index is 0.235. The first-order chi connectivity index (χ1) is 15.3. The van der Waals surface area contributed by atoms with Crippen molar-refractivity contribution in [3.05, 3.63) is 92.9 Å². The van der Waals surface area contributed by atoms with Gasteiger partial charge in [-0.1, -0.05) is 51.8 Å². The van der Waals surface area contributed by atoms with Crippen LogP contribution in [0.15, 0.2) is 76.3 Å². The second-order valence-electron chi connectivity index (χ2n) is 6.55. The number of hydrogen-bond donors (Lipinski definition) is 2. The monoisotopic (exact) mass is 513 g/mol. The molecule has 0 aliphatic rings. The highest BCUT2D eigenvalue weighted by molar-refractivity contribution is 9.10. The second kappa shape index (κ2) is 10.7. The molecular formula is C23H17BrClN3O4. The minimum atomic E-state index is -0.976. The summed E-state index contributed by atoms with van der Waals surface area (Å²) in [7, 11) is 0. The van der Waals surface area contributed by atoms with Gasteiger partial charge in [0, 0.05) is 20.7 Å². The number of anilines is 1. The van der Waals surface area contributed by atoms with E-state index < -0.39 is 17.8 Å². The average Bonchev–Trinajstić information content (AvgIpc) is 2.78. The zero-order valence-corrected chi connectivity index (χ0v) is 19.1. The highest BCUT2D eigenvalue weighted by atomic mass is 79.9. The Morgan fingerprint density at radius 2 is 1.75 bits per heavy atom. The van der Waals surface area contributed by atoms with Crippen molar-refractivity contribution in [2.45, 2.75) is 6.92 Å². The van der Waals surface area contributed by atoms with Gasteiger partial charge in [-0.2, -0.15) is 5.10 Å². The highest BCUT2D eigenvalue weighted by Gasteiger charge is 2.14. The van der Waals surface area contributed by atoms with Gasteiger partial charge in [0.1, 0.15) is 5.75 Å².